The first-order chi connectivity index (χ1) is 9.77. The summed E-state index contributed by atoms with van der Waals surface area (Å²) in [5.41, 5.74) is 0.261. The second kappa shape index (κ2) is 5.77. The molecule has 0 heterocycles. The van der Waals surface area contributed by atoms with E-state index in [-0.39, 0.29) is 10.5 Å². The van der Waals surface area contributed by atoms with Gasteiger partial charge in [0.05, 0.1) is 10.5 Å². The zero-order valence-corrected chi connectivity index (χ0v) is 13.2. The van der Waals surface area contributed by atoms with Crippen LogP contribution in [0.3, 0.4) is 0 Å². The van der Waals surface area contributed by atoms with Crippen molar-refractivity contribution in [3.63, 3.8) is 0 Å². The standard InChI is InChI=1S/C15H21NO4S/c1-3-11-6-7-12(10-13(11)14(17)18)21(19,20)16-15(2)8-4-5-9-15/h6-7,10,16H,3-5,8-9H2,1-2H3,(H,17,18). The van der Waals surface area contributed by atoms with Crippen LogP contribution < -0.4 is 4.72 Å². The van der Waals surface area contributed by atoms with Gasteiger partial charge in [-0.2, -0.15) is 0 Å². The molecule has 1 aromatic rings. The molecule has 1 aliphatic carbocycles. The summed E-state index contributed by atoms with van der Waals surface area (Å²) < 4.78 is 27.7. The second-order valence-electron chi connectivity index (χ2n) is 5.85. The average Bonchev–Trinajstić information content (AvgIpc) is 2.83. The van der Waals surface area contributed by atoms with E-state index in [2.05, 4.69) is 4.72 Å². The van der Waals surface area contributed by atoms with Crippen LogP contribution in [0.2, 0.25) is 0 Å². The van der Waals surface area contributed by atoms with Gasteiger partial charge >= 0.3 is 5.97 Å². The Morgan fingerprint density at radius 1 is 1.33 bits per heavy atom. The molecule has 1 aliphatic rings. The predicted molar refractivity (Wildman–Crippen MR) is 80.0 cm³/mol. The van der Waals surface area contributed by atoms with E-state index in [9.17, 15) is 18.3 Å². The van der Waals surface area contributed by atoms with Gasteiger partial charge in [-0.1, -0.05) is 25.8 Å². The lowest BCUT2D eigenvalue weighted by atomic mass is 10.0. The lowest BCUT2D eigenvalue weighted by Gasteiger charge is -2.25. The monoisotopic (exact) mass is 311 g/mol. The Bertz CT molecular complexity index is 646. The number of aromatic carboxylic acids is 1. The van der Waals surface area contributed by atoms with Crippen LogP contribution in [-0.2, 0) is 16.4 Å². The summed E-state index contributed by atoms with van der Waals surface area (Å²) in [5, 5.41) is 9.21. The minimum Gasteiger partial charge on any atom is -0.478 e. The van der Waals surface area contributed by atoms with Crippen LogP contribution >= 0.6 is 0 Å². The SMILES string of the molecule is CCc1ccc(S(=O)(=O)NC2(C)CCCC2)cc1C(=O)O. The van der Waals surface area contributed by atoms with E-state index in [0.29, 0.717) is 12.0 Å². The molecule has 1 aromatic carbocycles. The van der Waals surface area contributed by atoms with E-state index in [0.717, 1.165) is 25.7 Å². The van der Waals surface area contributed by atoms with Crippen molar-refractivity contribution in [1.29, 1.82) is 0 Å². The van der Waals surface area contributed by atoms with Crippen LogP contribution in [0.25, 0.3) is 0 Å². The van der Waals surface area contributed by atoms with Crippen molar-refractivity contribution >= 4 is 16.0 Å². The van der Waals surface area contributed by atoms with Crippen LogP contribution in [0.1, 0.15) is 55.5 Å². The molecule has 116 valence electrons. The lowest BCUT2D eigenvalue weighted by molar-refractivity contribution is 0.0695. The summed E-state index contributed by atoms with van der Waals surface area (Å²) in [6.45, 7) is 3.74. The fourth-order valence-corrected chi connectivity index (χ4v) is 4.36. The van der Waals surface area contributed by atoms with Gasteiger partial charge in [-0.05, 0) is 43.9 Å². The molecule has 0 amide bonds. The number of carboxylic acids is 1. The van der Waals surface area contributed by atoms with Gasteiger partial charge in [0, 0.05) is 5.54 Å². The maximum Gasteiger partial charge on any atom is 0.336 e. The fraction of sp³-hybridized carbons (Fsp3) is 0.533. The first-order valence-corrected chi connectivity index (χ1v) is 8.66. The normalized spacial score (nSPS) is 17.8. The molecule has 0 atom stereocenters. The summed E-state index contributed by atoms with van der Waals surface area (Å²) in [6.07, 6.45) is 4.19. The van der Waals surface area contributed by atoms with Crippen molar-refractivity contribution in [2.75, 3.05) is 0 Å². The average molecular weight is 311 g/mol. The van der Waals surface area contributed by atoms with Gasteiger partial charge in [-0.25, -0.2) is 17.9 Å². The first-order valence-electron chi connectivity index (χ1n) is 7.18. The zero-order valence-electron chi connectivity index (χ0n) is 12.3. The summed E-state index contributed by atoms with van der Waals surface area (Å²) in [6, 6.07) is 4.31. The number of rotatable bonds is 5. The maximum absolute atomic E-state index is 12.5. The molecular formula is C15H21NO4S. The van der Waals surface area contributed by atoms with Crippen LogP contribution in [-0.4, -0.2) is 25.0 Å². The molecule has 0 unspecified atom stereocenters. The number of hydrogen-bond donors (Lipinski definition) is 2. The van der Waals surface area contributed by atoms with E-state index in [1.807, 2.05) is 13.8 Å². The minimum atomic E-state index is -3.70. The van der Waals surface area contributed by atoms with Crippen LogP contribution in [0.4, 0.5) is 0 Å². The molecule has 1 saturated carbocycles. The molecule has 5 nitrogen and oxygen atoms in total. The summed E-state index contributed by atoms with van der Waals surface area (Å²) >= 11 is 0. The van der Waals surface area contributed by atoms with Crippen molar-refractivity contribution in [3.05, 3.63) is 29.3 Å². The Morgan fingerprint density at radius 3 is 2.48 bits per heavy atom. The topological polar surface area (TPSA) is 83.5 Å². The lowest BCUT2D eigenvalue weighted by Crippen LogP contribution is -2.43. The van der Waals surface area contributed by atoms with Gasteiger partial charge in [-0.3, -0.25) is 0 Å². The molecule has 2 N–H and O–H groups in total. The van der Waals surface area contributed by atoms with E-state index >= 15 is 0 Å². The number of benzene rings is 1. The molecule has 1 fully saturated rings. The highest BCUT2D eigenvalue weighted by molar-refractivity contribution is 7.89. The summed E-state index contributed by atoms with van der Waals surface area (Å²) in [7, 11) is -3.70. The molecule has 0 radical (unpaired) electrons. The first kappa shape index (κ1) is 16.0. The molecule has 0 spiro atoms. The smallest absolute Gasteiger partial charge is 0.336 e. The van der Waals surface area contributed by atoms with Crippen molar-refractivity contribution < 1.29 is 18.3 Å². The maximum atomic E-state index is 12.5. The van der Waals surface area contributed by atoms with Crippen molar-refractivity contribution in [2.24, 2.45) is 0 Å². The molecule has 0 aromatic heterocycles. The van der Waals surface area contributed by atoms with E-state index < -0.39 is 21.5 Å². The molecule has 0 aliphatic heterocycles. The third-order valence-electron chi connectivity index (χ3n) is 4.09. The Morgan fingerprint density at radius 2 is 1.95 bits per heavy atom. The molecular weight excluding hydrogens is 290 g/mol. The molecule has 0 saturated heterocycles. The van der Waals surface area contributed by atoms with Gasteiger partial charge in [-0.15, -0.1) is 0 Å². The van der Waals surface area contributed by atoms with Gasteiger partial charge in [0.1, 0.15) is 0 Å². The molecule has 21 heavy (non-hydrogen) atoms. The Balaban J connectivity index is 2.36. The Kier molecular flexibility index (Phi) is 4.39. The van der Waals surface area contributed by atoms with Crippen LogP contribution in [0.15, 0.2) is 23.1 Å². The van der Waals surface area contributed by atoms with Crippen molar-refractivity contribution in [1.82, 2.24) is 4.72 Å². The Hall–Kier alpha value is -1.40. The molecule has 6 heteroatoms. The Labute approximate surface area is 125 Å². The minimum absolute atomic E-state index is 0.0187. The van der Waals surface area contributed by atoms with E-state index in [1.165, 1.54) is 12.1 Å². The zero-order chi connectivity index (χ0) is 15.7. The van der Waals surface area contributed by atoms with E-state index in [1.54, 1.807) is 6.07 Å². The highest BCUT2D eigenvalue weighted by Gasteiger charge is 2.33. The van der Waals surface area contributed by atoms with Crippen molar-refractivity contribution in [3.8, 4) is 0 Å². The number of aryl methyl sites for hydroxylation is 1. The number of nitrogens with one attached hydrogen (secondary N) is 1. The van der Waals surface area contributed by atoms with Crippen LogP contribution in [0, 0.1) is 0 Å². The summed E-state index contributed by atoms with van der Waals surface area (Å²) in [4.78, 5) is 11.3. The molecule has 2 rings (SSSR count). The van der Waals surface area contributed by atoms with Gasteiger partial charge in [0.2, 0.25) is 10.0 Å². The van der Waals surface area contributed by atoms with Crippen LogP contribution in [0.5, 0.6) is 0 Å². The summed E-state index contributed by atoms with van der Waals surface area (Å²) in [5.74, 6) is -1.10. The predicted octanol–water partition coefficient (Wildman–Crippen LogP) is 2.56. The van der Waals surface area contributed by atoms with Gasteiger partial charge < -0.3 is 5.11 Å². The highest BCUT2D eigenvalue weighted by Crippen LogP contribution is 2.30. The fourth-order valence-electron chi connectivity index (χ4n) is 2.87. The van der Waals surface area contributed by atoms with Gasteiger partial charge in [0.15, 0.2) is 0 Å². The number of hydrogen-bond acceptors (Lipinski definition) is 3. The van der Waals surface area contributed by atoms with E-state index in [4.69, 9.17) is 0 Å². The van der Waals surface area contributed by atoms with Crippen molar-refractivity contribution in [2.45, 2.75) is 56.4 Å². The number of carbonyl (C=O) groups is 1. The number of sulfonamides is 1. The number of carboxylic acid groups (broad SMARTS) is 1. The third-order valence-corrected chi connectivity index (χ3v) is 5.73. The second-order valence-corrected chi connectivity index (χ2v) is 7.53. The quantitative estimate of drug-likeness (QED) is 0.875. The largest absolute Gasteiger partial charge is 0.478 e. The third kappa shape index (κ3) is 3.44. The highest BCUT2D eigenvalue weighted by atomic mass is 32.2. The van der Waals surface area contributed by atoms with Gasteiger partial charge in [0.25, 0.3) is 0 Å². The molecule has 0 bridgehead atoms.